The molecule has 1 unspecified atom stereocenters. The van der Waals surface area contributed by atoms with Crippen molar-refractivity contribution < 1.29 is 4.42 Å². The summed E-state index contributed by atoms with van der Waals surface area (Å²) in [6, 6.07) is 6.65. The van der Waals surface area contributed by atoms with Gasteiger partial charge in [0.25, 0.3) is 0 Å². The predicted octanol–water partition coefficient (Wildman–Crippen LogP) is 4.61. The zero-order valence-electron chi connectivity index (χ0n) is 12.2. The van der Waals surface area contributed by atoms with E-state index in [1.54, 1.807) is 0 Å². The van der Waals surface area contributed by atoms with Gasteiger partial charge >= 0.3 is 0 Å². The normalized spacial score (nSPS) is 12.8. The van der Waals surface area contributed by atoms with E-state index in [0.717, 1.165) is 30.9 Å². The lowest BCUT2D eigenvalue weighted by atomic mass is 10.1. The van der Waals surface area contributed by atoms with Gasteiger partial charge in [-0.3, -0.25) is 0 Å². The Bertz CT molecular complexity index is 527. The highest BCUT2D eigenvalue weighted by Gasteiger charge is 2.20. The summed E-state index contributed by atoms with van der Waals surface area (Å²) in [6.07, 6.45) is 2.07. The molecule has 0 saturated heterocycles. The molecule has 2 rings (SSSR count). The third-order valence-electron chi connectivity index (χ3n) is 3.26. The highest BCUT2D eigenvalue weighted by Crippen LogP contribution is 2.32. The van der Waals surface area contributed by atoms with Crippen molar-refractivity contribution in [2.24, 2.45) is 0 Å². The van der Waals surface area contributed by atoms with Gasteiger partial charge in [0.1, 0.15) is 17.6 Å². The number of nitrogens with one attached hydrogen (secondary N) is 1. The van der Waals surface area contributed by atoms with Gasteiger partial charge in [-0.05, 0) is 50.6 Å². The molecule has 0 aliphatic heterocycles. The summed E-state index contributed by atoms with van der Waals surface area (Å²) >= 11 is 1.86. The molecule has 3 heteroatoms. The molecule has 0 amide bonds. The Labute approximate surface area is 119 Å². The van der Waals surface area contributed by atoms with E-state index in [2.05, 4.69) is 51.2 Å². The van der Waals surface area contributed by atoms with Gasteiger partial charge in [0.05, 0.1) is 0 Å². The van der Waals surface area contributed by atoms with Crippen molar-refractivity contribution in [2.75, 3.05) is 6.54 Å². The van der Waals surface area contributed by atoms with Gasteiger partial charge in [-0.1, -0.05) is 13.8 Å². The second-order valence-electron chi connectivity index (χ2n) is 4.95. The Hall–Kier alpha value is -1.06. The molecule has 2 aromatic rings. The minimum absolute atomic E-state index is 0.193. The summed E-state index contributed by atoms with van der Waals surface area (Å²) in [7, 11) is 0. The number of thiophene rings is 1. The van der Waals surface area contributed by atoms with Crippen molar-refractivity contribution in [1.29, 1.82) is 0 Å². The Morgan fingerprint density at radius 1 is 1.26 bits per heavy atom. The van der Waals surface area contributed by atoms with Crippen LogP contribution in [-0.4, -0.2) is 6.54 Å². The summed E-state index contributed by atoms with van der Waals surface area (Å²) in [5.74, 6) is 2.10. The lowest BCUT2D eigenvalue weighted by Gasteiger charge is -2.16. The average molecular weight is 277 g/mol. The third kappa shape index (κ3) is 3.28. The van der Waals surface area contributed by atoms with Crippen molar-refractivity contribution in [1.82, 2.24) is 5.32 Å². The standard InChI is InChI=1S/C16H23NOS/c1-5-9-17-15(14-8-7-13(6-2)18-14)16-11(3)10-12(4)19-16/h7-8,10,15,17H,5-6,9H2,1-4H3. The van der Waals surface area contributed by atoms with E-state index in [4.69, 9.17) is 4.42 Å². The quantitative estimate of drug-likeness (QED) is 0.834. The zero-order valence-corrected chi connectivity index (χ0v) is 13.1. The van der Waals surface area contributed by atoms with E-state index >= 15 is 0 Å². The number of rotatable bonds is 6. The minimum Gasteiger partial charge on any atom is -0.464 e. The first-order valence-corrected chi connectivity index (χ1v) is 7.86. The van der Waals surface area contributed by atoms with Crippen LogP contribution in [0.1, 0.15) is 53.1 Å². The molecule has 0 radical (unpaired) electrons. The van der Waals surface area contributed by atoms with Gasteiger partial charge < -0.3 is 9.73 Å². The molecule has 2 heterocycles. The molecule has 0 aliphatic carbocycles. The van der Waals surface area contributed by atoms with Crippen LogP contribution >= 0.6 is 11.3 Å². The molecule has 0 bridgehead atoms. The van der Waals surface area contributed by atoms with Gasteiger partial charge in [0.2, 0.25) is 0 Å². The molecular weight excluding hydrogens is 254 g/mol. The molecule has 1 atom stereocenters. The van der Waals surface area contributed by atoms with Crippen molar-refractivity contribution >= 4 is 11.3 Å². The van der Waals surface area contributed by atoms with E-state index in [1.165, 1.54) is 15.3 Å². The predicted molar refractivity (Wildman–Crippen MR) is 82.0 cm³/mol. The van der Waals surface area contributed by atoms with Crippen LogP contribution in [0.5, 0.6) is 0 Å². The van der Waals surface area contributed by atoms with Gasteiger partial charge in [-0.2, -0.15) is 0 Å². The fourth-order valence-corrected chi connectivity index (χ4v) is 3.42. The van der Waals surface area contributed by atoms with Gasteiger partial charge in [0, 0.05) is 16.2 Å². The zero-order chi connectivity index (χ0) is 13.8. The van der Waals surface area contributed by atoms with Crippen molar-refractivity contribution in [3.63, 3.8) is 0 Å². The number of hydrogen-bond acceptors (Lipinski definition) is 3. The van der Waals surface area contributed by atoms with Gasteiger partial charge in [-0.15, -0.1) is 11.3 Å². The van der Waals surface area contributed by atoms with Crippen LogP contribution in [0.15, 0.2) is 22.6 Å². The van der Waals surface area contributed by atoms with Gasteiger partial charge in [-0.25, -0.2) is 0 Å². The lowest BCUT2D eigenvalue weighted by Crippen LogP contribution is -2.22. The van der Waals surface area contributed by atoms with Crippen molar-refractivity contribution in [2.45, 2.75) is 46.6 Å². The number of hydrogen-bond donors (Lipinski definition) is 1. The molecule has 0 spiro atoms. The van der Waals surface area contributed by atoms with Crippen LogP contribution in [-0.2, 0) is 6.42 Å². The summed E-state index contributed by atoms with van der Waals surface area (Å²) in [4.78, 5) is 2.74. The summed E-state index contributed by atoms with van der Waals surface area (Å²) in [6.45, 7) is 9.66. The van der Waals surface area contributed by atoms with E-state index in [-0.39, 0.29) is 6.04 Å². The second kappa shape index (κ2) is 6.40. The average Bonchev–Trinajstić information content (AvgIpc) is 2.97. The van der Waals surface area contributed by atoms with E-state index in [0.29, 0.717) is 0 Å². The topological polar surface area (TPSA) is 25.2 Å². The first-order chi connectivity index (χ1) is 9.15. The monoisotopic (exact) mass is 277 g/mol. The Morgan fingerprint density at radius 2 is 2.05 bits per heavy atom. The largest absolute Gasteiger partial charge is 0.464 e. The third-order valence-corrected chi connectivity index (χ3v) is 4.47. The van der Waals surface area contributed by atoms with E-state index < -0.39 is 0 Å². The van der Waals surface area contributed by atoms with E-state index in [9.17, 15) is 0 Å². The van der Waals surface area contributed by atoms with Crippen LogP contribution in [0.3, 0.4) is 0 Å². The summed E-state index contributed by atoms with van der Waals surface area (Å²) in [5.41, 5.74) is 1.35. The molecular formula is C16H23NOS. The van der Waals surface area contributed by atoms with Crippen LogP contribution in [0.4, 0.5) is 0 Å². The smallest absolute Gasteiger partial charge is 0.126 e. The molecule has 19 heavy (non-hydrogen) atoms. The minimum atomic E-state index is 0.193. The SMILES string of the molecule is CCCNC(c1ccc(CC)o1)c1sc(C)cc1C. The van der Waals surface area contributed by atoms with Crippen LogP contribution < -0.4 is 5.32 Å². The molecule has 0 aliphatic rings. The fraction of sp³-hybridized carbons (Fsp3) is 0.500. The molecule has 104 valence electrons. The maximum Gasteiger partial charge on any atom is 0.126 e. The van der Waals surface area contributed by atoms with Crippen LogP contribution in [0.2, 0.25) is 0 Å². The fourth-order valence-electron chi connectivity index (χ4n) is 2.30. The van der Waals surface area contributed by atoms with Crippen molar-refractivity contribution in [3.8, 4) is 0 Å². The molecule has 2 aromatic heterocycles. The maximum atomic E-state index is 5.95. The van der Waals surface area contributed by atoms with Gasteiger partial charge in [0.15, 0.2) is 0 Å². The Morgan fingerprint density at radius 3 is 2.58 bits per heavy atom. The molecule has 2 nitrogen and oxygen atoms in total. The second-order valence-corrected chi connectivity index (χ2v) is 6.24. The first kappa shape index (κ1) is 14.4. The lowest BCUT2D eigenvalue weighted by molar-refractivity contribution is 0.424. The highest BCUT2D eigenvalue weighted by molar-refractivity contribution is 7.12. The molecule has 0 fully saturated rings. The molecule has 0 saturated carbocycles. The molecule has 0 aromatic carbocycles. The molecule has 1 N–H and O–H groups in total. The van der Waals surface area contributed by atoms with Crippen LogP contribution in [0.25, 0.3) is 0 Å². The summed E-state index contributed by atoms with van der Waals surface area (Å²) < 4.78 is 5.95. The van der Waals surface area contributed by atoms with E-state index in [1.807, 2.05) is 11.3 Å². The maximum absolute atomic E-state index is 5.95. The summed E-state index contributed by atoms with van der Waals surface area (Å²) in [5, 5.41) is 3.61. The Balaban J connectivity index is 2.32. The first-order valence-electron chi connectivity index (χ1n) is 7.04. The highest BCUT2D eigenvalue weighted by atomic mass is 32.1. The number of aryl methyl sites for hydroxylation is 3. The number of furan rings is 1. The Kier molecular flexibility index (Phi) is 4.83. The van der Waals surface area contributed by atoms with Crippen LogP contribution in [0, 0.1) is 13.8 Å². The van der Waals surface area contributed by atoms with Crippen molar-refractivity contribution in [3.05, 3.63) is 45.0 Å².